The van der Waals surface area contributed by atoms with Crippen molar-refractivity contribution in [2.24, 2.45) is 11.8 Å². The molecule has 22 heavy (non-hydrogen) atoms. The van der Waals surface area contributed by atoms with Crippen LogP contribution in [0.4, 0.5) is 0 Å². The van der Waals surface area contributed by atoms with Gasteiger partial charge in [-0.2, -0.15) is 0 Å². The Kier molecular flexibility index (Phi) is 5.12. The highest BCUT2D eigenvalue weighted by atomic mass is 14.4. The van der Waals surface area contributed by atoms with Gasteiger partial charge in [0, 0.05) is 0 Å². The minimum Gasteiger partial charge on any atom is -0.301 e. The zero-order valence-electron chi connectivity index (χ0n) is 13.7. The van der Waals surface area contributed by atoms with Crippen molar-refractivity contribution in [3.05, 3.63) is 47.6 Å². The minimum atomic E-state index is 0.645. The van der Waals surface area contributed by atoms with E-state index in [2.05, 4.69) is 24.8 Å². The molecule has 1 N–H and O–H groups in total. The van der Waals surface area contributed by atoms with Gasteiger partial charge >= 0.3 is 0 Å². The van der Waals surface area contributed by atoms with Crippen LogP contribution in [-0.2, 0) is 0 Å². The Hall–Kier alpha value is -1.37. The predicted molar refractivity (Wildman–Crippen MR) is 95.3 cm³/mol. The molecule has 0 aliphatic heterocycles. The molecule has 2 fully saturated rings. The second kappa shape index (κ2) is 7.26. The maximum absolute atomic E-state index is 8.52. The highest BCUT2D eigenvalue weighted by molar-refractivity contribution is 6.07. The van der Waals surface area contributed by atoms with Crippen LogP contribution in [0.5, 0.6) is 0 Å². The molecule has 0 unspecified atom stereocenters. The second-order valence-corrected chi connectivity index (χ2v) is 7.14. The summed E-state index contributed by atoms with van der Waals surface area (Å²) >= 11 is 0. The standard InChI is InChI=1S/C21H29N/c1-2-16(17-8-3-4-9-17)15-21(22)20-13-7-12-19(14-20)18-10-5-6-11-18/h2,12,14-15,17-18,22H,1,3-11,13H2/b16-15+,22-21?. The van der Waals surface area contributed by atoms with E-state index in [1.165, 1.54) is 68.1 Å². The first-order chi connectivity index (χ1) is 10.8. The molecule has 0 bridgehead atoms. The first kappa shape index (κ1) is 15.5. The first-order valence-electron chi connectivity index (χ1n) is 9.11. The first-order valence-corrected chi connectivity index (χ1v) is 9.11. The highest BCUT2D eigenvalue weighted by Crippen LogP contribution is 2.36. The van der Waals surface area contributed by atoms with Crippen molar-refractivity contribution in [1.29, 1.82) is 5.41 Å². The third-order valence-corrected chi connectivity index (χ3v) is 5.68. The van der Waals surface area contributed by atoms with Gasteiger partial charge in [0.1, 0.15) is 0 Å². The predicted octanol–water partition coefficient (Wildman–Crippen LogP) is 6.15. The van der Waals surface area contributed by atoms with Crippen molar-refractivity contribution >= 4 is 5.71 Å². The van der Waals surface area contributed by atoms with E-state index in [0.717, 1.165) is 24.5 Å². The number of allylic oxidation sites excluding steroid dienone is 7. The van der Waals surface area contributed by atoms with Crippen molar-refractivity contribution in [3.8, 4) is 0 Å². The summed E-state index contributed by atoms with van der Waals surface area (Å²) < 4.78 is 0. The van der Waals surface area contributed by atoms with Crippen LogP contribution in [0.1, 0.15) is 64.2 Å². The number of rotatable bonds is 5. The van der Waals surface area contributed by atoms with E-state index in [4.69, 9.17) is 5.41 Å². The maximum Gasteiger partial charge on any atom is 0.0574 e. The van der Waals surface area contributed by atoms with Crippen LogP contribution in [0.3, 0.4) is 0 Å². The van der Waals surface area contributed by atoms with Crippen LogP contribution in [0.25, 0.3) is 0 Å². The van der Waals surface area contributed by atoms with Crippen LogP contribution >= 0.6 is 0 Å². The molecule has 0 aromatic carbocycles. The summed E-state index contributed by atoms with van der Waals surface area (Å²) in [5, 5.41) is 8.52. The molecule has 1 nitrogen and oxygen atoms in total. The van der Waals surface area contributed by atoms with Gasteiger partial charge in [-0.3, -0.25) is 0 Å². The van der Waals surface area contributed by atoms with E-state index in [1.54, 1.807) is 0 Å². The van der Waals surface area contributed by atoms with E-state index in [9.17, 15) is 0 Å². The molecule has 118 valence electrons. The molecule has 2 saturated carbocycles. The average Bonchev–Trinajstić information content (AvgIpc) is 3.25. The normalized spacial score (nSPS) is 24.3. The van der Waals surface area contributed by atoms with Crippen LogP contribution in [0.15, 0.2) is 47.6 Å². The van der Waals surface area contributed by atoms with Crippen molar-refractivity contribution in [1.82, 2.24) is 0 Å². The lowest BCUT2D eigenvalue weighted by molar-refractivity contribution is 0.648. The van der Waals surface area contributed by atoms with Crippen molar-refractivity contribution in [3.63, 3.8) is 0 Å². The molecule has 3 aliphatic carbocycles. The minimum absolute atomic E-state index is 0.645. The quantitative estimate of drug-likeness (QED) is 0.465. The van der Waals surface area contributed by atoms with E-state index in [1.807, 2.05) is 6.08 Å². The zero-order chi connectivity index (χ0) is 15.4. The Labute approximate surface area is 135 Å². The maximum atomic E-state index is 8.52. The summed E-state index contributed by atoms with van der Waals surface area (Å²) in [7, 11) is 0. The molecule has 0 heterocycles. The van der Waals surface area contributed by atoms with E-state index >= 15 is 0 Å². The lowest BCUT2D eigenvalue weighted by atomic mass is 9.87. The fourth-order valence-corrected chi connectivity index (χ4v) is 4.34. The van der Waals surface area contributed by atoms with E-state index in [-0.39, 0.29) is 0 Å². The third-order valence-electron chi connectivity index (χ3n) is 5.68. The summed E-state index contributed by atoms with van der Waals surface area (Å²) in [6, 6.07) is 0. The van der Waals surface area contributed by atoms with Gasteiger partial charge in [0.15, 0.2) is 0 Å². The molecule has 3 rings (SSSR count). The van der Waals surface area contributed by atoms with Gasteiger partial charge in [0.05, 0.1) is 5.71 Å². The largest absolute Gasteiger partial charge is 0.301 e. The van der Waals surface area contributed by atoms with Crippen LogP contribution in [0.2, 0.25) is 0 Å². The Morgan fingerprint density at radius 2 is 1.77 bits per heavy atom. The summed E-state index contributed by atoms with van der Waals surface area (Å²) in [6.07, 6.45) is 21.6. The van der Waals surface area contributed by atoms with Crippen LogP contribution in [0, 0.1) is 17.2 Å². The fourth-order valence-electron chi connectivity index (χ4n) is 4.34. The Morgan fingerprint density at radius 3 is 2.45 bits per heavy atom. The third kappa shape index (κ3) is 3.51. The van der Waals surface area contributed by atoms with Gasteiger partial charge in [-0.05, 0) is 73.2 Å². The molecular weight excluding hydrogens is 266 g/mol. The van der Waals surface area contributed by atoms with E-state index in [0.29, 0.717) is 5.92 Å². The number of hydrogen-bond donors (Lipinski definition) is 1. The Balaban J connectivity index is 1.73. The Bertz CT molecular complexity index is 520. The van der Waals surface area contributed by atoms with Crippen LogP contribution < -0.4 is 0 Å². The van der Waals surface area contributed by atoms with Gasteiger partial charge < -0.3 is 5.41 Å². The molecular formula is C21H29N. The topological polar surface area (TPSA) is 23.9 Å². The highest BCUT2D eigenvalue weighted by Gasteiger charge is 2.21. The van der Waals surface area contributed by atoms with Gasteiger partial charge in [0.2, 0.25) is 0 Å². The molecule has 0 aromatic rings. The van der Waals surface area contributed by atoms with Crippen LogP contribution in [-0.4, -0.2) is 5.71 Å². The smallest absolute Gasteiger partial charge is 0.0574 e. The average molecular weight is 295 g/mol. The number of nitrogens with one attached hydrogen (secondary N) is 1. The zero-order valence-corrected chi connectivity index (χ0v) is 13.7. The van der Waals surface area contributed by atoms with Crippen molar-refractivity contribution < 1.29 is 0 Å². The van der Waals surface area contributed by atoms with Crippen molar-refractivity contribution in [2.45, 2.75) is 64.2 Å². The number of hydrogen-bond acceptors (Lipinski definition) is 1. The molecule has 0 aromatic heterocycles. The molecule has 0 saturated heterocycles. The summed E-state index contributed by atoms with van der Waals surface area (Å²) in [4.78, 5) is 0. The summed E-state index contributed by atoms with van der Waals surface area (Å²) in [5.74, 6) is 1.41. The molecule has 0 atom stereocenters. The van der Waals surface area contributed by atoms with Gasteiger partial charge in [-0.1, -0.05) is 50.5 Å². The SMILES string of the molecule is C=C/C(=C\C(=N)C1=CC(C2CCCC2)=CCC1)C1CCCC1. The lowest BCUT2D eigenvalue weighted by Gasteiger charge is -2.19. The van der Waals surface area contributed by atoms with Gasteiger partial charge in [-0.25, -0.2) is 0 Å². The monoisotopic (exact) mass is 295 g/mol. The van der Waals surface area contributed by atoms with Gasteiger partial charge in [-0.15, -0.1) is 0 Å². The summed E-state index contributed by atoms with van der Waals surface area (Å²) in [6.45, 7) is 3.99. The fraction of sp³-hybridized carbons (Fsp3) is 0.571. The molecule has 1 heteroatoms. The molecule has 3 aliphatic rings. The molecule has 0 amide bonds. The second-order valence-electron chi connectivity index (χ2n) is 7.14. The molecule has 0 spiro atoms. The van der Waals surface area contributed by atoms with Crippen molar-refractivity contribution in [2.75, 3.05) is 0 Å². The Morgan fingerprint density at radius 1 is 1.09 bits per heavy atom. The lowest BCUT2D eigenvalue weighted by Crippen LogP contribution is -2.08. The van der Waals surface area contributed by atoms with E-state index < -0.39 is 0 Å². The molecule has 0 radical (unpaired) electrons. The summed E-state index contributed by atoms with van der Waals surface area (Å²) in [5.41, 5.74) is 4.77. The van der Waals surface area contributed by atoms with Gasteiger partial charge in [0.25, 0.3) is 0 Å².